The molecule has 0 radical (unpaired) electrons. The van der Waals surface area contributed by atoms with E-state index in [0.29, 0.717) is 0 Å². The van der Waals surface area contributed by atoms with Crippen LogP contribution in [0.15, 0.2) is 46.2 Å². The zero-order chi connectivity index (χ0) is 15.6. The third-order valence-electron chi connectivity index (χ3n) is 2.54. The fraction of sp³-hybridized carbons (Fsp3) is 0. The molecule has 0 unspecified atom stereocenters. The van der Waals surface area contributed by atoms with Gasteiger partial charge in [0.2, 0.25) is 0 Å². The van der Waals surface area contributed by atoms with Gasteiger partial charge >= 0.3 is 5.97 Å². The summed E-state index contributed by atoms with van der Waals surface area (Å²) < 4.78 is 13.5. The molecular weight excluding hydrogens is 321 g/mol. The Hall–Kier alpha value is -2.12. The summed E-state index contributed by atoms with van der Waals surface area (Å²) in [6.07, 6.45) is 0. The number of nitro groups is 1. The third kappa shape index (κ3) is 3.32. The first kappa shape index (κ1) is 15.3. The maximum Gasteiger partial charge on any atom is 0.336 e. The van der Waals surface area contributed by atoms with Gasteiger partial charge in [0.05, 0.1) is 20.4 Å². The quantitative estimate of drug-likeness (QED) is 0.671. The molecule has 0 aliphatic carbocycles. The Morgan fingerprint density at radius 1 is 1.29 bits per heavy atom. The first-order valence-corrected chi connectivity index (χ1v) is 6.73. The van der Waals surface area contributed by atoms with Crippen LogP contribution in [0.5, 0.6) is 0 Å². The Balaban J connectivity index is 2.52. The van der Waals surface area contributed by atoms with E-state index in [4.69, 9.17) is 16.7 Å². The normalized spacial score (nSPS) is 10.4. The second kappa shape index (κ2) is 6.11. The molecule has 0 spiro atoms. The molecule has 2 aromatic carbocycles. The van der Waals surface area contributed by atoms with Crippen LogP contribution in [0.25, 0.3) is 0 Å². The second-order valence-electron chi connectivity index (χ2n) is 3.89. The molecule has 0 bridgehead atoms. The van der Waals surface area contributed by atoms with Gasteiger partial charge in [-0.3, -0.25) is 10.1 Å². The van der Waals surface area contributed by atoms with Crippen LogP contribution >= 0.6 is 23.4 Å². The van der Waals surface area contributed by atoms with Gasteiger partial charge in [-0.25, -0.2) is 9.18 Å². The Bertz CT molecular complexity index is 738. The number of hydrogen-bond acceptors (Lipinski definition) is 4. The highest BCUT2D eigenvalue weighted by atomic mass is 35.5. The number of halogens is 2. The third-order valence-corrected chi connectivity index (χ3v) is 3.95. The van der Waals surface area contributed by atoms with Crippen LogP contribution in [0.1, 0.15) is 10.4 Å². The lowest BCUT2D eigenvalue weighted by atomic mass is 10.2. The van der Waals surface area contributed by atoms with E-state index >= 15 is 0 Å². The van der Waals surface area contributed by atoms with E-state index in [2.05, 4.69) is 0 Å². The van der Waals surface area contributed by atoms with Crippen LogP contribution < -0.4 is 0 Å². The van der Waals surface area contributed by atoms with Gasteiger partial charge in [0.15, 0.2) is 0 Å². The molecule has 108 valence electrons. The van der Waals surface area contributed by atoms with E-state index in [1.54, 1.807) is 6.07 Å². The van der Waals surface area contributed by atoms with E-state index < -0.39 is 16.7 Å². The molecule has 0 fully saturated rings. The fourth-order valence-electron chi connectivity index (χ4n) is 1.59. The van der Waals surface area contributed by atoms with Gasteiger partial charge in [-0.1, -0.05) is 35.5 Å². The largest absolute Gasteiger partial charge is 0.478 e. The Morgan fingerprint density at radius 3 is 2.57 bits per heavy atom. The number of carboxylic acids is 1. The van der Waals surface area contributed by atoms with Crippen LogP contribution in [-0.4, -0.2) is 16.0 Å². The highest BCUT2D eigenvalue weighted by Crippen LogP contribution is 2.38. The van der Waals surface area contributed by atoms with Crippen LogP contribution in [0.3, 0.4) is 0 Å². The topological polar surface area (TPSA) is 80.4 Å². The summed E-state index contributed by atoms with van der Waals surface area (Å²) in [6.45, 7) is 0. The predicted octanol–water partition coefficient (Wildman–Crippen LogP) is 4.24. The van der Waals surface area contributed by atoms with Crippen molar-refractivity contribution in [2.24, 2.45) is 0 Å². The molecule has 0 saturated carbocycles. The van der Waals surface area contributed by atoms with Crippen molar-refractivity contribution in [3.63, 3.8) is 0 Å². The number of rotatable bonds is 4. The maximum absolute atomic E-state index is 13.5. The maximum atomic E-state index is 13.5. The van der Waals surface area contributed by atoms with E-state index in [-0.39, 0.29) is 26.1 Å². The molecule has 8 heteroatoms. The van der Waals surface area contributed by atoms with E-state index in [9.17, 15) is 19.3 Å². The van der Waals surface area contributed by atoms with Crippen LogP contribution in [-0.2, 0) is 0 Å². The Labute approximate surface area is 127 Å². The molecule has 5 nitrogen and oxygen atoms in total. The zero-order valence-electron chi connectivity index (χ0n) is 10.2. The lowest BCUT2D eigenvalue weighted by Gasteiger charge is -2.07. The van der Waals surface area contributed by atoms with Crippen molar-refractivity contribution < 1.29 is 19.2 Å². The van der Waals surface area contributed by atoms with Crippen molar-refractivity contribution in [1.82, 2.24) is 0 Å². The fourth-order valence-corrected chi connectivity index (χ4v) is 2.80. The zero-order valence-corrected chi connectivity index (χ0v) is 11.8. The lowest BCUT2D eigenvalue weighted by Crippen LogP contribution is -1.99. The monoisotopic (exact) mass is 327 g/mol. The second-order valence-corrected chi connectivity index (χ2v) is 5.39. The number of carbonyl (C=O) groups is 1. The standard InChI is InChI=1S/C13H7ClFNO4S/c14-8-5-10(16(19)20)12(6-9(8)15)21-11-4-2-1-3-7(11)13(17)18/h1-6H,(H,17,18). The minimum atomic E-state index is -1.17. The lowest BCUT2D eigenvalue weighted by molar-refractivity contribution is -0.387. The van der Waals surface area contributed by atoms with Crippen molar-refractivity contribution in [3.8, 4) is 0 Å². The van der Waals surface area contributed by atoms with E-state index in [1.807, 2.05) is 0 Å². The molecule has 0 atom stereocenters. The van der Waals surface area contributed by atoms with Gasteiger partial charge in [0.25, 0.3) is 5.69 Å². The van der Waals surface area contributed by atoms with Gasteiger partial charge in [-0.15, -0.1) is 0 Å². The number of carboxylic acid groups (broad SMARTS) is 1. The SMILES string of the molecule is O=C(O)c1ccccc1Sc1cc(F)c(Cl)cc1[N+](=O)[O-]. The summed E-state index contributed by atoms with van der Waals surface area (Å²) in [7, 11) is 0. The molecule has 0 saturated heterocycles. The van der Waals surface area contributed by atoms with Gasteiger partial charge in [-0.2, -0.15) is 0 Å². The molecule has 2 rings (SSSR count). The summed E-state index contributed by atoms with van der Waals surface area (Å²) >= 11 is 6.33. The first-order valence-electron chi connectivity index (χ1n) is 5.53. The molecule has 2 aromatic rings. The van der Waals surface area contributed by atoms with Crippen molar-refractivity contribution >= 4 is 35.0 Å². The summed E-state index contributed by atoms with van der Waals surface area (Å²) in [4.78, 5) is 21.7. The van der Waals surface area contributed by atoms with Gasteiger partial charge in [0.1, 0.15) is 5.82 Å². The average molecular weight is 328 g/mol. The molecule has 0 aliphatic rings. The number of aromatic carboxylic acids is 1. The van der Waals surface area contributed by atoms with Crippen molar-refractivity contribution in [2.75, 3.05) is 0 Å². The molecule has 21 heavy (non-hydrogen) atoms. The summed E-state index contributed by atoms with van der Waals surface area (Å²) in [5.41, 5.74) is -0.404. The molecule has 1 N–H and O–H groups in total. The van der Waals surface area contributed by atoms with Gasteiger partial charge in [0, 0.05) is 11.0 Å². The van der Waals surface area contributed by atoms with Crippen LogP contribution in [0.4, 0.5) is 10.1 Å². The van der Waals surface area contributed by atoms with Crippen LogP contribution in [0.2, 0.25) is 5.02 Å². The van der Waals surface area contributed by atoms with Crippen molar-refractivity contribution in [2.45, 2.75) is 9.79 Å². The highest BCUT2D eigenvalue weighted by molar-refractivity contribution is 7.99. The van der Waals surface area contributed by atoms with Crippen LogP contribution in [0, 0.1) is 15.9 Å². The van der Waals surface area contributed by atoms with E-state index in [0.717, 1.165) is 23.9 Å². The average Bonchev–Trinajstić information content (AvgIpc) is 2.42. The smallest absolute Gasteiger partial charge is 0.336 e. The van der Waals surface area contributed by atoms with Crippen molar-refractivity contribution in [1.29, 1.82) is 0 Å². The van der Waals surface area contributed by atoms with Crippen molar-refractivity contribution in [3.05, 3.63) is 62.9 Å². The summed E-state index contributed by atoms with van der Waals surface area (Å²) in [5, 5.41) is 19.7. The molecule has 0 aliphatic heterocycles. The predicted molar refractivity (Wildman–Crippen MR) is 75.6 cm³/mol. The molecule has 0 amide bonds. The van der Waals surface area contributed by atoms with Gasteiger partial charge < -0.3 is 5.11 Å². The van der Waals surface area contributed by atoms with Gasteiger partial charge in [-0.05, 0) is 18.2 Å². The molecular formula is C13H7ClFNO4S. The number of nitrogens with zero attached hydrogens (tertiary/aromatic N) is 1. The number of benzene rings is 2. The Morgan fingerprint density at radius 2 is 1.95 bits per heavy atom. The number of hydrogen-bond donors (Lipinski definition) is 1. The highest BCUT2D eigenvalue weighted by Gasteiger charge is 2.20. The molecule has 0 aromatic heterocycles. The summed E-state index contributed by atoms with van der Waals surface area (Å²) in [5.74, 6) is -1.98. The Kier molecular flexibility index (Phi) is 4.44. The first-order chi connectivity index (χ1) is 9.90. The minimum absolute atomic E-state index is 0.0180. The minimum Gasteiger partial charge on any atom is -0.478 e. The van der Waals surface area contributed by atoms with E-state index in [1.165, 1.54) is 18.2 Å². The summed E-state index contributed by atoms with van der Waals surface area (Å²) in [6, 6.07) is 7.80. The molecule has 0 heterocycles. The number of nitro benzene ring substituents is 1.